The van der Waals surface area contributed by atoms with E-state index in [9.17, 15) is 22.8 Å². The number of hydrogen-bond acceptors (Lipinski definition) is 5. The molecule has 0 spiro atoms. The molecule has 1 heterocycles. The number of aromatic nitrogens is 2. The first kappa shape index (κ1) is 20.9. The minimum Gasteiger partial charge on any atom is -0.425 e. The Balaban J connectivity index is 1.89. The standard InChI is InChI=1S/C18H11Cl2F3N2O4/c19-8-15(26)28-14-6-5-13(20)7-11(14)9-25-17(27)29-16(24-25)10-1-3-12(4-2-10)18(21,22)23/h1-7H,8-9H2. The molecular formula is C18H11Cl2F3N2O4. The molecule has 11 heteroatoms. The molecule has 0 unspecified atom stereocenters. The van der Waals surface area contributed by atoms with E-state index in [1.165, 1.54) is 18.2 Å². The van der Waals surface area contributed by atoms with Crippen molar-refractivity contribution < 1.29 is 27.1 Å². The van der Waals surface area contributed by atoms with Crippen LogP contribution in [0.2, 0.25) is 5.02 Å². The number of alkyl halides is 4. The predicted octanol–water partition coefficient (Wildman–Crippen LogP) is 4.37. The summed E-state index contributed by atoms with van der Waals surface area (Å²) in [6.07, 6.45) is -4.48. The summed E-state index contributed by atoms with van der Waals surface area (Å²) in [6, 6.07) is 8.39. The van der Waals surface area contributed by atoms with Gasteiger partial charge in [-0.15, -0.1) is 16.7 Å². The lowest BCUT2D eigenvalue weighted by atomic mass is 10.1. The second kappa shape index (κ2) is 8.30. The van der Waals surface area contributed by atoms with Gasteiger partial charge in [-0.1, -0.05) is 11.6 Å². The summed E-state index contributed by atoms with van der Waals surface area (Å²) in [7, 11) is 0. The van der Waals surface area contributed by atoms with E-state index in [1.807, 2.05) is 0 Å². The maximum atomic E-state index is 12.7. The van der Waals surface area contributed by atoms with Gasteiger partial charge < -0.3 is 9.15 Å². The average Bonchev–Trinajstić information content (AvgIpc) is 3.03. The second-order valence-corrected chi connectivity index (χ2v) is 6.47. The molecule has 0 fully saturated rings. The lowest BCUT2D eigenvalue weighted by Gasteiger charge is -2.09. The van der Waals surface area contributed by atoms with Gasteiger partial charge in [0.05, 0.1) is 12.1 Å². The van der Waals surface area contributed by atoms with Gasteiger partial charge in [-0.2, -0.15) is 17.9 Å². The number of ether oxygens (including phenoxy) is 1. The number of benzene rings is 2. The minimum absolute atomic E-state index is 0.131. The molecule has 152 valence electrons. The maximum absolute atomic E-state index is 12.7. The Labute approximate surface area is 171 Å². The van der Waals surface area contributed by atoms with Crippen molar-refractivity contribution in [2.45, 2.75) is 12.7 Å². The van der Waals surface area contributed by atoms with Gasteiger partial charge in [0.15, 0.2) is 0 Å². The van der Waals surface area contributed by atoms with Crippen LogP contribution in [0.15, 0.2) is 51.7 Å². The molecule has 0 bridgehead atoms. The Kier molecular flexibility index (Phi) is 5.99. The fourth-order valence-electron chi connectivity index (χ4n) is 2.41. The van der Waals surface area contributed by atoms with Crippen molar-refractivity contribution in [3.05, 3.63) is 69.2 Å². The molecule has 3 aromatic rings. The largest absolute Gasteiger partial charge is 0.437 e. The Morgan fingerprint density at radius 3 is 2.48 bits per heavy atom. The first-order valence-corrected chi connectivity index (χ1v) is 8.89. The Hall–Kier alpha value is -2.78. The van der Waals surface area contributed by atoms with Crippen LogP contribution in [0.4, 0.5) is 13.2 Å². The molecule has 0 aliphatic rings. The van der Waals surface area contributed by atoms with Crippen LogP contribution >= 0.6 is 23.2 Å². The minimum atomic E-state index is -4.48. The molecular weight excluding hydrogens is 436 g/mol. The first-order valence-electron chi connectivity index (χ1n) is 7.98. The van der Waals surface area contributed by atoms with Crippen LogP contribution in [0, 0.1) is 0 Å². The summed E-state index contributed by atoms with van der Waals surface area (Å²) >= 11 is 11.4. The molecule has 3 rings (SSSR count). The van der Waals surface area contributed by atoms with Crippen molar-refractivity contribution in [1.29, 1.82) is 0 Å². The summed E-state index contributed by atoms with van der Waals surface area (Å²) < 4.78 is 49.1. The Morgan fingerprint density at radius 1 is 1.17 bits per heavy atom. The molecule has 0 amide bonds. The van der Waals surface area contributed by atoms with E-state index in [4.69, 9.17) is 32.4 Å². The van der Waals surface area contributed by atoms with E-state index in [-0.39, 0.29) is 29.6 Å². The molecule has 0 radical (unpaired) electrons. The molecule has 0 atom stereocenters. The third-order valence-corrected chi connectivity index (χ3v) is 4.19. The zero-order valence-electron chi connectivity index (χ0n) is 14.4. The number of carbonyl (C=O) groups excluding carboxylic acids is 1. The van der Waals surface area contributed by atoms with E-state index in [0.717, 1.165) is 28.9 Å². The van der Waals surface area contributed by atoms with Crippen LogP contribution in [0.5, 0.6) is 5.75 Å². The zero-order chi connectivity index (χ0) is 21.2. The normalized spacial score (nSPS) is 11.5. The van der Waals surface area contributed by atoms with E-state index in [0.29, 0.717) is 10.6 Å². The number of halogens is 5. The van der Waals surface area contributed by atoms with Gasteiger partial charge in [-0.3, -0.25) is 4.79 Å². The fourth-order valence-corrected chi connectivity index (χ4v) is 2.66. The summed E-state index contributed by atoms with van der Waals surface area (Å²) in [5.41, 5.74) is -0.299. The second-order valence-electron chi connectivity index (χ2n) is 5.77. The average molecular weight is 447 g/mol. The molecule has 0 saturated heterocycles. The molecule has 29 heavy (non-hydrogen) atoms. The van der Waals surface area contributed by atoms with Crippen molar-refractivity contribution in [2.75, 3.05) is 5.88 Å². The van der Waals surface area contributed by atoms with Crippen molar-refractivity contribution in [3.63, 3.8) is 0 Å². The number of nitrogens with zero attached hydrogens (tertiary/aromatic N) is 2. The molecule has 0 aliphatic carbocycles. The van der Waals surface area contributed by atoms with E-state index < -0.39 is 23.5 Å². The smallest absolute Gasteiger partial charge is 0.425 e. The third-order valence-electron chi connectivity index (χ3n) is 3.74. The van der Waals surface area contributed by atoms with Gasteiger partial charge in [-0.05, 0) is 42.5 Å². The highest BCUT2D eigenvalue weighted by atomic mass is 35.5. The lowest BCUT2D eigenvalue weighted by molar-refractivity contribution is -0.137. The van der Waals surface area contributed by atoms with Crippen molar-refractivity contribution in [2.24, 2.45) is 0 Å². The molecule has 0 aliphatic heterocycles. The maximum Gasteiger partial charge on any atom is 0.437 e. The number of hydrogen-bond donors (Lipinski definition) is 0. The van der Waals surface area contributed by atoms with Gasteiger partial charge in [0.1, 0.15) is 11.6 Å². The fraction of sp³-hybridized carbons (Fsp3) is 0.167. The Morgan fingerprint density at radius 2 is 1.86 bits per heavy atom. The highest BCUT2D eigenvalue weighted by Crippen LogP contribution is 2.30. The molecule has 0 N–H and O–H groups in total. The molecule has 0 saturated carbocycles. The topological polar surface area (TPSA) is 74.3 Å². The van der Waals surface area contributed by atoms with Gasteiger partial charge >= 0.3 is 17.9 Å². The quantitative estimate of drug-likeness (QED) is 0.330. The zero-order valence-corrected chi connectivity index (χ0v) is 15.9. The predicted molar refractivity (Wildman–Crippen MR) is 98.1 cm³/mol. The third kappa shape index (κ3) is 4.99. The number of carbonyl (C=O) groups is 1. The lowest BCUT2D eigenvalue weighted by Crippen LogP contribution is -2.18. The van der Waals surface area contributed by atoms with Crippen LogP contribution in [0.25, 0.3) is 11.5 Å². The van der Waals surface area contributed by atoms with E-state index >= 15 is 0 Å². The number of rotatable bonds is 5. The summed E-state index contributed by atoms with van der Waals surface area (Å²) in [6.45, 7) is -0.158. The SMILES string of the molecule is O=C(CCl)Oc1ccc(Cl)cc1Cn1nc(-c2ccc(C(F)(F)F)cc2)oc1=O. The first-order chi connectivity index (χ1) is 13.7. The van der Waals surface area contributed by atoms with Gasteiger partial charge in [0, 0.05) is 16.1 Å². The van der Waals surface area contributed by atoms with Crippen LogP contribution < -0.4 is 10.5 Å². The Bertz CT molecular complexity index is 1090. The van der Waals surface area contributed by atoms with Gasteiger partial charge in [0.2, 0.25) is 5.89 Å². The van der Waals surface area contributed by atoms with Crippen LogP contribution in [0.3, 0.4) is 0 Å². The van der Waals surface area contributed by atoms with Gasteiger partial charge in [0.25, 0.3) is 0 Å². The summed E-state index contributed by atoms with van der Waals surface area (Å²) in [4.78, 5) is 23.6. The molecule has 1 aromatic heterocycles. The van der Waals surface area contributed by atoms with Crippen LogP contribution in [0.1, 0.15) is 11.1 Å². The summed E-state index contributed by atoms with van der Waals surface area (Å²) in [5.74, 6) is -1.96. The highest BCUT2D eigenvalue weighted by molar-refractivity contribution is 6.30. The number of esters is 1. The van der Waals surface area contributed by atoms with Crippen molar-refractivity contribution >= 4 is 29.2 Å². The van der Waals surface area contributed by atoms with Crippen molar-refractivity contribution in [1.82, 2.24) is 9.78 Å². The van der Waals surface area contributed by atoms with Crippen molar-refractivity contribution in [3.8, 4) is 17.2 Å². The molecule has 6 nitrogen and oxygen atoms in total. The van der Waals surface area contributed by atoms with Gasteiger partial charge in [-0.25, -0.2) is 4.79 Å². The van der Waals surface area contributed by atoms with E-state index in [1.54, 1.807) is 0 Å². The monoisotopic (exact) mass is 446 g/mol. The van der Waals surface area contributed by atoms with Crippen LogP contribution in [-0.4, -0.2) is 21.6 Å². The van der Waals surface area contributed by atoms with E-state index in [2.05, 4.69) is 5.10 Å². The molecule has 2 aromatic carbocycles. The summed E-state index contributed by atoms with van der Waals surface area (Å²) in [5, 5.41) is 4.31. The highest BCUT2D eigenvalue weighted by Gasteiger charge is 2.30. The van der Waals surface area contributed by atoms with Crippen LogP contribution in [-0.2, 0) is 17.5 Å².